The third-order valence-corrected chi connectivity index (χ3v) is 4.01. The summed E-state index contributed by atoms with van der Waals surface area (Å²) in [6, 6.07) is 13.8. The van der Waals surface area contributed by atoms with Crippen molar-refractivity contribution in [3.63, 3.8) is 0 Å². The van der Waals surface area contributed by atoms with Gasteiger partial charge < -0.3 is 10.7 Å². The van der Waals surface area contributed by atoms with E-state index < -0.39 is 0 Å². The molecule has 3 N–H and O–H groups in total. The molecular weight excluding hydrogens is 328 g/mol. The van der Waals surface area contributed by atoms with Crippen molar-refractivity contribution in [1.29, 1.82) is 0 Å². The summed E-state index contributed by atoms with van der Waals surface area (Å²) in [5.74, 6) is 0.742. The number of hydrogen-bond acceptors (Lipinski definition) is 3. The fourth-order valence-electron chi connectivity index (χ4n) is 2.46. The Labute approximate surface area is 129 Å². The third-order valence-electron chi connectivity index (χ3n) is 3.52. The van der Waals surface area contributed by atoms with Crippen LogP contribution < -0.4 is 5.73 Å². The van der Waals surface area contributed by atoms with Crippen molar-refractivity contribution in [1.82, 2.24) is 15.0 Å². The van der Waals surface area contributed by atoms with E-state index in [1.165, 1.54) is 0 Å². The summed E-state index contributed by atoms with van der Waals surface area (Å²) >= 11 is 3.44. The lowest BCUT2D eigenvalue weighted by atomic mass is 10.1. The zero-order chi connectivity index (χ0) is 14.4. The zero-order valence-corrected chi connectivity index (χ0v) is 12.6. The van der Waals surface area contributed by atoms with E-state index in [0.717, 1.165) is 37.8 Å². The van der Waals surface area contributed by atoms with Crippen LogP contribution in [0.4, 0.5) is 5.69 Å². The minimum absolute atomic E-state index is 0.687. The molecule has 0 aliphatic carbocycles. The maximum Gasteiger partial charge on any atom is 0.142 e. The van der Waals surface area contributed by atoms with Gasteiger partial charge in [-0.25, -0.2) is 4.98 Å². The van der Waals surface area contributed by atoms with Crippen LogP contribution in [0.5, 0.6) is 0 Å². The molecule has 0 spiro atoms. The van der Waals surface area contributed by atoms with Crippen LogP contribution in [-0.2, 0) is 0 Å². The fourth-order valence-corrected chi connectivity index (χ4v) is 2.81. The number of rotatable bonds is 1. The second-order valence-electron chi connectivity index (χ2n) is 4.85. The van der Waals surface area contributed by atoms with Crippen LogP contribution in [0.3, 0.4) is 0 Å². The predicted octanol–water partition coefficient (Wildman–Crippen LogP) is 4.12. The van der Waals surface area contributed by atoms with Crippen molar-refractivity contribution in [3.8, 4) is 11.4 Å². The molecule has 0 saturated carbocycles. The highest BCUT2D eigenvalue weighted by Gasteiger charge is 2.11. The molecule has 0 saturated heterocycles. The van der Waals surface area contributed by atoms with Crippen LogP contribution in [0.15, 0.2) is 53.1 Å². The second kappa shape index (κ2) is 4.56. The number of fused-ring (bicyclic) bond motifs is 2. The van der Waals surface area contributed by atoms with Gasteiger partial charge in [0.1, 0.15) is 5.82 Å². The Morgan fingerprint density at radius 1 is 1.05 bits per heavy atom. The van der Waals surface area contributed by atoms with Gasteiger partial charge in [0, 0.05) is 16.1 Å². The Kier molecular flexibility index (Phi) is 2.68. The van der Waals surface area contributed by atoms with E-state index in [0.29, 0.717) is 5.69 Å². The standard InChI is InChI=1S/C16H11BrN4/c17-9-5-6-10-14(7-9)19-8-11(15(10)18)16-20-12-3-1-2-4-13(12)21-16/h1-8H,(H2,18,19)(H,20,21). The SMILES string of the molecule is Nc1c(-c2nc3ccccc3[nH]2)cnc2cc(Br)ccc12. The van der Waals surface area contributed by atoms with Crippen LogP contribution in [0, 0.1) is 0 Å². The molecule has 0 amide bonds. The molecule has 4 nitrogen and oxygen atoms in total. The van der Waals surface area contributed by atoms with Crippen LogP contribution in [-0.4, -0.2) is 15.0 Å². The smallest absolute Gasteiger partial charge is 0.142 e. The number of benzene rings is 2. The topological polar surface area (TPSA) is 67.6 Å². The van der Waals surface area contributed by atoms with Gasteiger partial charge in [0.15, 0.2) is 0 Å². The summed E-state index contributed by atoms with van der Waals surface area (Å²) in [7, 11) is 0. The van der Waals surface area contributed by atoms with Crippen molar-refractivity contribution >= 4 is 43.6 Å². The molecule has 0 bridgehead atoms. The molecule has 102 valence electrons. The van der Waals surface area contributed by atoms with E-state index in [1.54, 1.807) is 6.20 Å². The average Bonchev–Trinajstić information content (AvgIpc) is 2.91. The number of anilines is 1. The largest absolute Gasteiger partial charge is 0.398 e. The summed E-state index contributed by atoms with van der Waals surface area (Å²) in [5, 5.41) is 0.927. The molecule has 0 aliphatic rings. The van der Waals surface area contributed by atoms with Crippen molar-refractivity contribution in [3.05, 3.63) is 53.1 Å². The van der Waals surface area contributed by atoms with Gasteiger partial charge in [-0.05, 0) is 30.3 Å². The number of aromatic nitrogens is 3. The Bertz CT molecular complexity index is 942. The van der Waals surface area contributed by atoms with Gasteiger partial charge >= 0.3 is 0 Å². The quantitative estimate of drug-likeness (QED) is 0.548. The summed E-state index contributed by atoms with van der Waals surface area (Å²) < 4.78 is 0.985. The first-order valence-electron chi connectivity index (χ1n) is 6.51. The van der Waals surface area contributed by atoms with Crippen molar-refractivity contribution in [2.45, 2.75) is 0 Å². The average molecular weight is 339 g/mol. The van der Waals surface area contributed by atoms with Crippen molar-refractivity contribution in [2.24, 2.45) is 0 Å². The number of nitrogens with one attached hydrogen (secondary N) is 1. The summed E-state index contributed by atoms with van der Waals surface area (Å²) in [4.78, 5) is 12.4. The van der Waals surface area contributed by atoms with Gasteiger partial charge in [-0.15, -0.1) is 0 Å². The molecule has 0 atom stereocenters. The lowest BCUT2D eigenvalue weighted by molar-refractivity contribution is 1.31. The first kappa shape index (κ1) is 12.3. The molecule has 2 aromatic heterocycles. The number of halogens is 1. The Balaban J connectivity index is 1.97. The lowest BCUT2D eigenvalue weighted by Gasteiger charge is -2.06. The van der Waals surface area contributed by atoms with E-state index in [-0.39, 0.29) is 0 Å². The van der Waals surface area contributed by atoms with Crippen LogP contribution in [0.1, 0.15) is 0 Å². The monoisotopic (exact) mass is 338 g/mol. The predicted molar refractivity (Wildman–Crippen MR) is 88.9 cm³/mol. The summed E-state index contributed by atoms with van der Waals surface area (Å²) in [6.45, 7) is 0. The van der Waals surface area contributed by atoms with Crippen LogP contribution >= 0.6 is 15.9 Å². The molecule has 0 fully saturated rings. The van der Waals surface area contributed by atoms with Gasteiger partial charge in [-0.1, -0.05) is 28.1 Å². The maximum atomic E-state index is 6.31. The first-order valence-corrected chi connectivity index (χ1v) is 7.30. The Morgan fingerprint density at radius 2 is 1.90 bits per heavy atom. The number of aromatic amines is 1. The van der Waals surface area contributed by atoms with Crippen molar-refractivity contribution < 1.29 is 0 Å². The number of nitrogen functional groups attached to an aromatic ring is 1. The van der Waals surface area contributed by atoms with Gasteiger partial charge in [0.2, 0.25) is 0 Å². The number of nitrogens with two attached hydrogens (primary N) is 1. The second-order valence-corrected chi connectivity index (χ2v) is 5.77. The molecular formula is C16H11BrN4. The molecule has 21 heavy (non-hydrogen) atoms. The number of pyridine rings is 1. The molecule has 2 heterocycles. The van der Waals surface area contributed by atoms with Crippen molar-refractivity contribution in [2.75, 3.05) is 5.73 Å². The highest BCUT2D eigenvalue weighted by atomic mass is 79.9. The minimum Gasteiger partial charge on any atom is -0.398 e. The van der Waals surface area contributed by atoms with Gasteiger partial charge in [0.25, 0.3) is 0 Å². The Hall–Kier alpha value is -2.40. The number of nitrogens with zero attached hydrogens (tertiary/aromatic N) is 2. The summed E-state index contributed by atoms with van der Waals surface area (Å²) in [6.07, 6.45) is 1.77. The zero-order valence-electron chi connectivity index (χ0n) is 11.0. The third kappa shape index (κ3) is 1.97. The number of imidazole rings is 1. The van der Waals surface area contributed by atoms with Gasteiger partial charge in [-0.2, -0.15) is 0 Å². The number of hydrogen-bond donors (Lipinski definition) is 2. The fraction of sp³-hybridized carbons (Fsp3) is 0. The van der Waals surface area contributed by atoms with Crippen LogP contribution in [0.2, 0.25) is 0 Å². The maximum absolute atomic E-state index is 6.31. The molecule has 0 aliphatic heterocycles. The first-order chi connectivity index (χ1) is 10.2. The molecule has 4 aromatic rings. The highest BCUT2D eigenvalue weighted by Crippen LogP contribution is 2.31. The Morgan fingerprint density at radius 3 is 2.76 bits per heavy atom. The minimum atomic E-state index is 0.687. The molecule has 0 unspecified atom stereocenters. The number of para-hydroxylation sites is 2. The van der Waals surface area contributed by atoms with Gasteiger partial charge in [0.05, 0.1) is 27.8 Å². The number of H-pyrrole nitrogens is 1. The molecule has 4 rings (SSSR count). The molecule has 5 heteroatoms. The van der Waals surface area contributed by atoms with E-state index in [1.807, 2.05) is 42.5 Å². The van der Waals surface area contributed by atoms with E-state index in [2.05, 4.69) is 30.9 Å². The van der Waals surface area contributed by atoms with Crippen LogP contribution in [0.25, 0.3) is 33.3 Å². The van der Waals surface area contributed by atoms with E-state index in [4.69, 9.17) is 5.73 Å². The van der Waals surface area contributed by atoms with E-state index in [9.17, 15) is 0 Å². The summed E-state index contributed by atoms with van der Waals surface area (Å²) in [5.41, 5.74) is 10.6. The normalized spacial score (nSPS) is 11.3. The van der Waals surface area contributed by atoms with E-state index >= 15 is 0 Å². The van der Waals surface area contributed by atoms with Gasteiger partial charge in [-0.3, -0.25) is 4.98 Å². The molecule has 0 radical (unpaired) electrons. The lowest BCUT2D eigenvalue weighted by Crippen LogP contribution is -1.95. The highest BCUT2D eigenvalue weighted by molar-refractivity contribution is 9.10. The molecule has 2 aromatic carbocycles.